The Kier molecular flexibility index (Phi) is 5.06. The minimum atomic E-state index is -0.391. The summed E-state index contributed by atoms with van der Waals surface area (Å²) in [5.74, 6) is 0. The molecule has 4 nitrogen and oxygen atoms in total. The number of ether oxygens (including phenoxy) is 1. The minimum Gasteiger partial charge on any atom is -1.00 e. The van der Waals surface area contributed by atoms with Gasteiger partial charge in [0.15, 0.2) is 12.4 Å². The highest BCUT2D eigenvalue weighted by molar-refractivity contribution is 5.56. The predicted octanol–water partition coefficient (Wildman–Crippen LogP) is -2.44. The van der Waals surface area contributed by atoms with E-state index < -0.39 is 6.09 Å². The number of rotatable bonds is 1. The standard InChI is InChI=1S/C8H10N2O2.BrH/c1-2-12-8(11)10-5-3-7(9)4-6-10;/h3-6,9H,2H2,1H3;1H. The van der Waals surface area contributed by atoms with Crippen molar-refractivity contribution in [1.82, 2.24) is 0 Å². The van der Waals surface area contributed by atoms with Gasteiger partial charge in [-0.25, -0.2) is 0 Å². The minimum absolute atomic E-state index is 0. The molecule has 13 heavy (non-hydrogen) atoms. The SMILES string of the molecule is CCOC(=O)[n+]1ccc(N)cc1.[Br-]. The number of nitrogens with zero attached hydrogens (tertiary/aromatic N) is 1. The molecular formula is C8H11BrN2O2. The van der Waals surface area contributed by atoms with E-state index in [-0.39, 0.29) is 17.0 Å². The molecule has 1 aromatic heterocycles. The van der Waals surface area contributed by atoms with Crippen molar-refractivity contribution in [3.05, 3.63) is 24.5 Å². The molecule has 0 saturated carbocycles. The molecule has 1 heterocycles. The summed E-state index contributed by atoms with van der Waals surface area (Å²) in [4.78, 5) is 11.1. The topological polar surface area (TPSA) is 56.2 Å². The van der Waals surface area contributed by atoms with E-state index in [4.69, 9.17) is 10.5 Å². The van der Waals surface area contributed by atoms with Gasteiger partial charge in [0.25, 0.3) is 0 Å². The van der Waals surface area contributed by atoms with Crippen molar-refractivity contribution >= 4 is 11.8 Å². The number of nitrogen functional groups attached to an aromatic ring is 1. The molecule has 0 atom stereocenters. The average molecular weight is 247 g/mol. The monoisotopic (exact) mass is 246 g/mol. The number of hydrogen-bond acceptors (Lipinski definition) is 3. The summed E-state index contributed by atoms with van der Waals surface area (Å²) in [5.41, 5.74) is 6.06. The third-order valence-electron chi connectivity index (χ3n) is 1.33. The van der Waals surface area contributed by atoms with Crippen molar-refractivity contribution in [2.45, 2.75) is 6.92 Å². The van der Waals surface area contributed by atoms with Crippen LogP contribution in [0.1, 0.15) is 6.92 Å². The molecule has 1 rings (SSSR count). The number of aromatic nitrogens is 1. The summed E-state index contributed by atoms with van der Waals surface area (Å²) in [7, 11) is 0. The first-order chi connectivity index (χ1) is 5.74. The number of pyridine rings is 1. The second kappa shape index (κ2) is 5.53. The van der Waals surface area contributed by atoms with Crippen LogP contribution in [0, 0.1) is 0 Å². The maximum atomic E-state index is 11.1. The van der Waals surface area contributed by atoms with E-state index >= 15 is 0 Å². The number of carbonyl (C=O) groups is 1. The Bertz CT molecular complexity index is 274. The van der Waals surface area contributed by atoms with Crippen molar-refractivity contribution in [1.29, 1.82) is 0 Å². The van der Waals surface area contributed by atoms with Gasteiger partial charge in [0.1, 0.15) is 0 Å². The van der Waals surface area contributed by atoms with Gasteiger partial charge in [0.2, 0.25) is 0 Å². The van der Waals surface area contributed by atoms with Crippen LogP contribution in [0.2, 0.25) is 0 Å². The first kappa shape index (κ1) is 11.9. The molecule has 72 valence electrons. The van der Waals surface area contributed by atoms with Gasteiger partial charge in [0, 0.05) is 17.8 Å². The third kappa shape index (κ3) is 3.42. The molecule has 0 aliphatic rings. The highest BCUT2D eigenvalue weighted by Crippen LogP contribution is 1.93. The zero-order valence-corrected chi connectivity index (χ0v) is 8.82. The van der Waals surface area contributed by atoms with Crippen LogP contribution in [-0.2, 0) is 4.74 Å². The normalized spacial score (nSPS) is 8.69. The number of anilines is 1. The van der Waals surface area contributed by atoms with E-state index in [0.717, 1.165) is 0 Å². The number of halogens is 1. The fourth-order valence-corrected chi connectivity index (χ4v) is 0.758. The van der Waals surface area contributed by atoms with Crippen LogP contribution in [-0.4, -0.2) is 12.7 Å². The Balaban J connectivity index is 0.00000144. The molecule has 0 radical (unpaired) electrons. The Labute approximate surface area is 87.1 Å². The van der Waals surface area contributed by atoms with E-state index in [2.05, 4.69) is 0 Å². The molecule has 1 aromatic rings. The van der Waals surface area contributed by atoms with Crippen LogP contribution in [0.25, 0.3) is 0 Å². The van der Waals surface area contributed by atoms with Gasteiger partial charge in [-0.3, -0.25) is 0 Å². The molecule has 0 amide bonds. The highest BCUT2D eigenvalue weighted by Gasteiger charge is 2.13. The molecule has 0 aromatic carbocycles. The van der Waals surface area contributed by atoms with Crippen molar-refractivity contribution in [2.75, 3.05) is 12.3 Å². The van der Waals surface area contributed by atoms with Gasteiger partial charge in [0.05, 0.1) is 6.61 Å². The number of carbonyl (C=O) groups excluding carboxylic acids is 1. The molecule has 2 N–H and O–H groups in total. The second-order valence-corrected chi connectivity index (χ2v) is 2.24. The lowest BCUT2D eigenvalue weighted by atomic mass is 10.4. The summed E-state index contributed by atoms with van der Waals surface area (Å²) in [6, 6.07) is 3.27. The maximum absolute atomic E-state index is 11.1. The van der Waals surface area contributed by atoms with Gasteiger partial charge >= 0.3 is 6.09 Å². The van der Waals surface area contributed by atoms with Crippen LogP contribution in [0.5, 0.6) is 0 Å². The maximum Gasteiger partial charge on any atom is 0.601 e. The van der Waals surface area contributed by atoms with Crippen LogP contribution >= 0.6 is 0 Å². The van der Waals surface area contributed by atoms with E-state index in [1.165, 1.54) is 4.57 Å². The van der Waals surface area contributed by atoms with Crippen molar-refractivity contribution in [3.63, 3.8) is 0 Å². The van der Waals surface area contributed by atoms with E-state index in [1.807, 2.05) is 0 Å². The van der Waals surface area contributed by atoms with Gasteiger partial charge in [-0.05, 0) is 6.92 Å². The van der Waals surface area contributed by atoms with E-state index in [9.17, 15) is 4.79 Å². The average Bonchev–Trinajstić information content (AvgIpc) is 2.06. The summed E-state index contributed by atoms with van der Waals surface area (Å²) < 4.78 is 6.08. The molecule has 0 fully saturated rings. The predicted molar refractivity (Wildman–Crippen MR) is 43.5 cm³/mol. The molecule has 0 saturated heterocycles. The van der Waals surface area contributed by atoms with Crippen molar-refractivity contribution < 1.29 is 31.1 Å². The first-order valence-corrected chi connectivity index (χ1v) is 3.68. The molecule has 0 unspecified atom stereocenters. The summed E-state index contributed by atoms with van der Waals surface area (Å²) in [6.45, 7) is 2.13. The highest BCUT2D eigenvalue weighted by atomic mass is 79.9. The molecular weight excluding hydrogens is 236 g/mol. The Morgan fingerprint density at radius 3 is 2.54 bits per heavy atom. The van der Waals surface area contributed by atoms with E-state index in [0.29, 0.717) is 12.3 Å². The lowest BCUT2D eigenvalue weighted by Gasteiger charge is -1.94. The molecule has 0 spiro atoms. The van der Waals surface area contributed by atoms with Crippen molar-refractivity contribution in [3.8, 4) is 0 Å². The lowest BCUT2D eigenvalue weighted by molar-refractivity contribution is -0.585. The third-order valence-corrected chi connectivity index (χ3v) is 1.33. The summed E-state index contributed by atoms with van der Waals surface area (Å²) in [6.07, 6.45) is 2.73. The molecule has 0 aliphatic heterocycles. The Morgan fingerprint density at radius 2 is 2.08 bits per heavy atom. The summed E-state index contributed by atoms with van der Waals surface area (Å²) in [5, 5.41) is 0. The Morgan fingerprint density at radius 1 is 1.54 bits per heavy atom. The molecule has 0 aliphatic carbocycles. The molecule has 5 heteroatoms. The van der Waals surface area contributed by atoms with Crippen LogP contribution in [0.15, 0.2) is 24.5 Å². The number of hydrogen-bond donors (Lipinski definition) is 1. The van der Waals surface area contributed by atoms with Gasteiger partial charge < -0.3 is 27.5 Å². The molecule has 0 bridgehead atoms. The van der Waals surface area contributed by atoms with Gasteiger partial charge in [-0.15, -0.1) is 0 Å². The fraction of sp³-hybridized carbons (Fsp3) is 0.250. The van der Waals surface area contributed by atoms with Gasteiger partial charge in [-0.2, -0.15) is 4.79 Å². The number of nitrogens with two attached hydrogens (primary N) is 1. The Hall–Kier alpha value is -1.10. The zero-order chi connectivity index (χ0) is 8.97. The first-order valence-electron chi connectivity index (χ1n) is 3.68. The quantitative estimate of drug-likeness (QED) is 0.561. The lowest BCUT2D eigenvalue weighted by Crippen LogP contribution is -3.00. The van der Waals surface area contributed by atoms with Crippen LogP contribution in [0.4, 0.5) is 10.5 Å². The van der Waals surface area contributed by atoms with E-state index in [1.54, 1.807) is 31.5 Å². The van der Waals surface area contributed by atoms with Crippen LogP contribution < -0.4 is 27.3 Å². The van der Waals surface area contributed by atoms with Gasteiger partial charge in [-0.1, -0.05) is 4.57 Å². The smallest absolute Gasteiger partial charge is 0.601 e. The summed E-state index contributed by atoms with van der Waals surface area (Å²) >= 11 is 0. The largest absolute Gasteiger partial charge is 1.00 e. The fourth-order valence-electron chi connectivity index (χ4n) is 0.758. The van der Waals surface area contributed by atoms with Crippen LogP contribution in [0.3, 0.4) is 0 Å². The van der Waals surface area contributed by atoms with Crippen molar-refractivity contribution in [2.24, 2.45) is 0 Å². The second-order valence-electron chi connectivity index (χ2n) is 2.24. The zero-order valence-electron chi connectivity index (χ0n) is 7.24.